The van der Waals surface area contributed by atoms with E-state index in [1.807, 2.05) is 31.6 Å². The van der Waals surface area contributed by atoms with Gasteiger partial charge in [0.1, 0.15) is 11.6 Å². The standard InChI is InChI=1S/C19H19FN6/c1-3-16(14-11-22-25(2)12-14)23-19-10-17(13-4-6-15(20)7-5-13)24-18-8-9-21-26(18)19/h4-12,16,23H,3H2,1-2H3/t16-/m1/s1. The summed E-state index contributed by atoms with van der Waals surface area (Å²) in [6, 6.07) is 10.2. The van der Waals surface area contributed by atoms with Crippen molar-refractivity contribution in [3.05, 3.63) is 66.4 Å². The van der Waals surface area contributed by atoms with E-state index in [-0.39, 0.29) is 11.9 Å². The van der Waals surface area contributed by atoms with E-state index in [4.69, 9.17) is 0 Å². The maximum absolute atomic E-state index is 13.2. The molecule has 0 radical (unpaired) electrons. The first-order chi connectivity index (χ1) is 12.6. The Labute approximate surface area is 150 Å². The molecule has 3 aromatic heterocycles. The Hall–Kier alpha value is -3.22. The number of benzene rings is 1. The molecule has 4 aromatic rings. The minimum absolute atomic E-state index is 0.0968. The maximum Gasteiger partial charge on any atom is 0.157 e. The van der Waals surface area contributed by atoms with E-state index in [0.29, 0.717) is 0 Å². The second kappa shape index (κ2) is 6.59. The molecule has 0 aliphatic rings. The normalized spacial score (nSPS) is 12.4. The summed E-state index contributed by atoms with van der Waals surface area (Å²) in [5.74, 6) is 0.565. The molecule has 0 fully saturated rings. The van der Waals surface area contributed by atoms with E-state index in [1.54, 1.807) is 27.5 Å². The second-order valence-electron chi connectivity index (χ2n) is 6.19. The molecule has 1 aromatic carbocycles. The molecule has 0 aliphatic carbocycles. The molecular weight excluding hydrogens is 331 g/mol. The average Bonchev–Trinajstić information content (AvgIpc) is 3.29. The number of hydrogen-bond donors (Lipinski definition) is 1. The summed E-state index contributed by atoms with van der Waals surface area (Å²) in [7, 11) is 1.90. The van der Waals surface area contributed by atoms with Crippen LogP contribution in [0.5, 0.6) is 0 Å². The van der Waals surface area contributed by atoms with E-state index in [0.717, 1.165) is 34.7 Å². The Kier molecular flexibility index (Phi) is 4.12. The minimum atomic E-state index is -0.264. The van der Waals surface area contributed by atoms with Gasteiger partial charge in [0, 0.05) is 36.5 Å². The average molecular weight is 350 g/mol. The Morgan fingerprint density at radius 2 is 1.96 bits per heavy atom. The fraction of sp³-hybridized carbons (Fsp3) is 0.211. The van der Waals surface area contributed by atoms with Gasteiger partial charge in [-0.3, -0.25) is 4.68 Å². The molecule has 1 N–H and O–H groups in total. The van der Waals surface area contributed by atoms with Crippen LogP contribution in [0, 0.1) is 5.82 Å². The number of halogens is 1. The van der Waals surface area contributed by atoms with Gasteiger partial charge in [-0.25, -0.2) is 9.37 Å². The highest BCUT2D eigenvalue weighted by Gasteiger charge is 2.15. The van der Waals surface area contributed by atoms with Crippen LogP contribution in [-0.2, 0) is 7.05 Å². The highest BCUT2D eigenvalue weighted by atomic mass is 19.1. The highest BCUT2D eigenvalue weighted by Crippen LogP contribution is 2.26. The van der Waals surface area contributed by atoms with Crippen LogP contribution in [0.4, 0.5) is 10.2 Å². The number of hydrogen-bond acceptors (Lipinski definition) is 4. The van der Waals surface area contributed by atoms with Gasteiger partial charge in [0.25, 0.3) is 0 Å². The fourth-order valence-corrected chi connectivity index (χ4v) is 3.00. The van der Waals surface area contributed by atoms with Crippen molar-refractivity contribution in [2.45, 2.75) is 19.4 Å². The lowest BCUT2D eigenvalue weighted by Crippen LogP contribution is -2.13. The predicted molar refractivity (Wildman–Crippen MR) is 98.2 cm³/mol. The summed E-state index contributed by atoms with van der Waals surface area (Å²) in [5, 5.41) is 12.2. The maximum atomic E-state index is 13.2. The summed E-state index contributed by atoms with van der Waals surface area (Å²) in [4.78, 5) is 4.63. The highest BCUT2D eigenvalue weighted by molar-refractivity contribution is 5.66. The Bertz CT molecular complexity index is 1030. The molecule has 0 unspecified atom stereocenters. The number of rotatable bonds is 5. The van der Waals surface area contributed by atoms with Crippen LogP contribution < -0.4 is 5.32 Å². The number of aromatic nitrogens is 5. The number of nitrogens with zero attached hydrogens (tertiary/aromatic N) is 5. The molecule has 6 nitrogen and oxygen atoms in total. The molecule has 0 spiro atoms. The Morgan fingerprint density at radius 3 is 2.65 bits per heavy atom. The van der Waals surface area contributed by atoms with Crippen molar-refractivity contribution in [1.29, 1.82) is 0 Å². The lowest BCUT2D eigenvalue weighted by atomic mass is 10.1. The van der Waals surface area contributed by atoms with Gasteiger partial charge in [-0.2, -0.15) is 14.7 Å². The van der Waals surface area contributed by atoms with Crippen molar-refractivity contribution >= 4 is 11.5 Å². The van der Waals surface area contributed by atoms with Gasteiger partial charge in [0.05, 0.1) is 24.1 Å². The number of fused-ring (bicyclic) bond motifs is 1. The second-order valence-corrected chi connectivity index (χ2v) is 6.19. The van der Waals surface area contributed by atoms with E-state index in [1.165, 1.54) is 12.1 Å². The largest absolute Gasteiger partial charge is 0.363 e. The summed E-state index contributed by atoms with van der Waals surface area (Å²) < 4.78 is 16.8. The molecule has 0 saturated heterocycles. The molecule has 0 saturated carbocycles. The third-order valence-corrected chi connectivity index (χ3v) is 4.36. The lowest BCUT2D eigenvalue weighted by Gasteiger charge is -2.18. The first-order valence-electron chi connectivity index (χ1n) is 8.50. The molecule has 0 aliphatic heterocycles. The van der Waals surface area contributed by atoms with Gasteiger partial charge in [-0.05, 0) is 30.7 Å². The molecule has 1 atom stereocenters. The number of anilines is 1. The van der Waals surface area contributed by atoms with Gasteiger partial charge in [-0.15, -0.1) is 0 Å². The zero-order valence-electron chi connectivity index (χ0n) is 14.6. The van der Waals surface area contributed by atoms with Crippen LogP contribution in [-0.4, -0.2) is 24.4 Å². The quantitative estimate of drug-likeness (QED) is 0.594. The van der Waals surface area contributed by atoms with E-state index < -0.39 is 0 Å². The fourth-order valence-electron chi connectivity index (χ4n) is 3.00. The smallest absolute Gasteiger partial charge is 0.157 e. The van der Waals surface area contributed by atoms with Crippen molar-refractivity contribution in [2.75, 3.05) is 5.32 Å². The molecule has 7 heteroatoms. The first-order valence-corrected chi connectivity index (χ1v) is 8.50. The van der Waals surface area contributed by atoms with Crippen molar-refractivity contribution in [1.82, 2.24) is 24.4 Å². The molecule has 0 bridgehead atoms. The molecule has 3 heterocycles. The van der Waals surface area contributed by atoms with Crippen molar-refractivity contribution in [2.24, 2.45) is 7.05 Å². The van der Waals surface area contributed by atoms with Crippen molar-refractivity contribution in [3.8, 4) is 11.3 Å². The Balaban J connectivity index is 1.75. The Morgan fingerprint density at radius 1 is 1.15 bits per heavy atom. The van der Waals surface area contributed by atoms with Crippen LogP contribution in [0.3, 0.4) is 0 Å². The molecule has 4 rings (SSSR count). The van der Waals surface area contributed by atoms with Gasteiger partial charge >= 0.3 is 0 Å². The van der Waals surface area contributed by atoms with Gasteiger partial charge in [0.15, 0.2) is 5.65 Å². The van der Waals surface area contributed by atoms with Crippen LogP contribution in [0.15, 0.2) is 55.0 Å². The molecular formula is C19H19FN6. The lowest BCUT2D eigenvalue weighted by molar-refractivity contribution is 0.628. The monoisotopic (exact) mass is 350 g/mol. The topological polar surface area (TPSA) is 60.0 Å². The zero-order chi connectivity index (χ0) is 18.1. The van der Waals surface area contributed by atoms with Crippen LogP contribution in [0.2, 0.25) is 0 Å². The first kappa shape index (κ1) is 16.3. The molecule has 132 valence electrons. The van der Waals surface area contributed by atoms with Crippen LogP contribution in [0.1, 0.15) is 24.9 Å². The minimum Gasteiger partial charge on any atom is -0.363 e. The predicted octanol–water partition coefficient (Wildman–Crippen LogP) is 3.83. The van der Waals surface area contributed by atoms with Crippen molar-refractivity contribution in [3.63, 3.8) is 0 Å². The third kappa shape index (κ3) is 3.03. The summed E-state index contributed by atoms with van der Waals surface area (Å²) in [6.07, 6.45) is 6.47. The van der Waals surface area contributed by atoms with E-state index in [9.17, 15) is 4.39 Å². The van der Waals surface area contributed by atoms with Gasteiger partial charge in [-0.1, -0.05) is 6.92 Å². The van der Waals surface area contributed by atoms with Crippen LogP contribution >= 0.6 is 0 Å². The van der Waals surface area contributed by atoms with Gasteiger partial charge < -0.3 is 5.32 Å². The van der Waals surface area contributed by atoms with E-state index >= 15 is 0 Å². The van der Waals surface area contributed by atoms with E-state index in [2.05, 4.69) is 27.4 Å². The molecule has 0 amide bonds. The van der Waals surface area contributed by atoms with Crippen molar-refractivity contribution < 1.29 is 4.39 Å². The zero-order valence-corrected chi connectivity index (χ0v) is 14.6. The SMILES string of the molecule is CC[C@@H](Nc1cc(-c2ccc(F)cc2)nc2ccnn12)c1cnn(C)c1. The number of aryl methyl sites for hydroxylation is 1. The van der Waals surface area contributed by atoms with Crippen LogP contribution in [0.25, 0.3) is 16.9 Å². The molecule has 26 heavy (non-hydrogen) atoms. The summed E-state index contributed by atoms with van der Waals surface area (Å²) >= 11 is 0. The summed E-state index contributed by atoms with van der Waals surface area (Å²) in [6.45, 7) is 2.12. The van der Waals surface area contributed by atoms with Gasteiger partial charge in [0.2, 0.25) is 0 Å². The summed E-state index contributed by atoms with van der Waals surface area (Å²) in [5.41, 5.74) is 3.46. The third-order valence-electron chi connectivity index (χ3n) is 4.36. The number of nitrogens with one attached hydrogen (secondary N) is 1.